The van der Waals surface area contributed by atoms with Gasteiger partial charge >= 0.3 is 0 Å². The topological polar surface area (TPSA) is 98.3 Å². The quantitative estimate of drug-likeness (QED) is 0.397. The first-order valence-corrected chi connectivity index (χ1v) is 4.07. The Kier molecular flexibility index (Phi) is 2.15. The fourth-order valence-electron chi connectivity index (χ4n) is 1.26. The monoisotopic (exact) mass is 196 g/mol. The van der Waals surface area contributed by atoms with Gasteiger partial charge in [0.2, 0.25) is 0 Å². The van der Waals surface area contributed by atoms with Crippen LogP contribution in [-0.2, 0) is 0 Å². The third kappa shape index (κ3) is 1.43. The molecule has 0 amide bonds. The second-order valence-electron chi connectivity index (χ2n) is 2.72. The van der Waals surface area contributed by atoms with Gasteiger partial charge in [-0.15, -0.1) is 10.2 Å². The number of azide groups is 1. The number of nitrogens with zero attached hydrogens (tertiary/aromatic N) is 6. The summed E-state index contributed by atoms with van der Waals surface area (Å²) < 4.78 is 0. The van der Waals surface area contributed by atoms with Crippen molar-refractivity contribution in [3.8, 4) is 6.07 Å². The highest BCUT2D eigenvalue weighted by atomic mass is 15.2. The molecule has 6 nitrogen and oxygen atoms in total. The molecule has 1 aromatic heterocycles. The lowest BCUT2D eigenvalue weighted by Gasteiger charge is -1.99. The van der Waals surface area contributed by atoms with Crippen molar-refractivity contribution in [1.29, 1.82) is 5.26 Å². The molecule has 0 aliphatic carbocycles. The lowest BCUT2D eigenvalue weighted by molar-refractivity contribution is 1.05. The van der Waals surface area contributed by atoms with Crippen molar-refractivity contribution in [3.05, 3.63) is 40.4 Å². The van der Waals surface area contributed by atoms with Gasteiger partial charge in [-0.05, 0) is 11.6 Å². The van der Waals surface area contributed by atoms with Crippen LogP contribution in [0.25, 0.3) is 21.3 Å². The van der Waals surface area contributed by atoms with Gasteiger partial charge in [-0.1, -0.05) is 23.3 Å². The van der Waals surface area contributed by atoms with Crippen LogP contribution < -0.4 is 0 Å². The van der Waals surface area contributed by atoms with Gasteiger partial charge in [-0.2, -0.15) is 5.26 Å². The van der Waals surface area contributed by atoms with E-state index >= 15 is 0 Å². The average molecular weight is 196 g/mol. The molecule has 0 aliphatic heterocycles. The molecular formula is C9H4N6. The minimum absolute atomic E-state index is 0.0338. The number of hydrogen-bond donors (Lipinski definition) is 0. The standard InChI is InChI=1S/C9H4N6/c10-5-8-9(14-15-11)6-3-1-2-4-7(6)12-13-8/h1-4H. The second kappa shape index (κ2) is 3.62. The van der Waals surface area contributed by atoms with Crippen LogP contribution in [0.4, 0.5) is 5.69 Å². The SMILES string of the molecule is N#Cc1nnc2ccccc2c1N=[N+]=[N-]. The Balaban J connectivity index is 2.92. The number of nitriles is 1. The van der Waals surface area contributed by atoms with Gasteiger partial charge in [-0.3, -0.25) is 0 Å². The molecule has 0 saturated carbocycles. The summed E-state index contributed by atoms with van der Waals surface area (Å²) in [5.41, 5.74) is 9.26. The summed E-state index contributed by atoms with van der Waals surface area (Å²) in [6, 6.07) is 8.87. The predicted molar refractivity (Wildman–Crippen MR) is 53.1 cm³/mol. The van der Waals surface area contributed by atoms with Crippen LogP contribution in [0.15, 0.2) is 29.4 Å². The lowest BCUT2D eigenvalue weighted by atomic mass is 10.2. The number of fused-ring (bicyclic) bond motifs is 1. The third-order valence-corrected chi connectivity index (χ3v) is 1.89. The Hall–Kier alpha value is -2.64. The average Bonchev–Trinajstić information content (AvgIpc) is 2.30. The minimum atomic E-state index is 0.0338. The fourth-order valence-corrected chi connectivity index (χ4v) is 1.26. The summed E-state index contributed by atoms with van der Waals surface area (Å²) in [5, 5.41) is 20.4. The van der Waals surface area contributed by atoms with E-state index in [9.17, 15) is 0 Å². The molecule has 0 unspecified atom stereocenters. The second-order valence-corrected chi connectivity index (χ2v) is 2.72. The van der Waals surface area contributed by atoms with Crippen molar-refractivity contribution in [2.24, 2.45) is 5.11 Å². The highest BCUT2D eigenvalue weighted by molar-refractivity contribution is 5.90. The van der Waals surface area contributed by atoms with Gasteiger partial charge in [0.15, 0.2) is 5.69 Å². The summed E-state index contributed by atoms with van der Waals surface area (Å²) in [6.07, 6.45) is 0. The highest BCUT2D eigenvalue weighted by Gasteiger charge is 2.07. The van der Waals surface area contributed by atoms with Crippen molar-refractivity contribution < 1.29 is 0 Å². The van der Waals surface area contributed by atoms with Crippen molar-refractivity contribution in [2.45, 2.75) is 0 Å². The Bertz CT molecular complexity index is 606. The van der Waals surface area contributed by atoms with Crippen molar-refractivity contribution in [1.82, 2.24) is 10.2 Å². The lowest BCUT2D eigenvalue weighted by Crippen LogP contribution is -1.89. The molecule has 2 rings (SSSR count). The molecule has 0 fully saturated rings. The molecule has 0 N–H and O–H groups in total. The highest BCUT2D eigenvalue weighted by Crippen LogP contribution is 2.26. The molecule has 0 atom stereocenters. The zero-order chi connectivity index (χ0) is 10.7. The van der Waals surface area contributed by atoms with E-state index in [-0.39, 0.29) is 11.4 Å². The van der Waals surface area contributed by atoms with Crippen LogP contribution in [0.2, 0.25) is 0 Å². The first-order chi connectivity index (χ1) is 7.36. The summed E-state index contributed by atoms with van der Waals surface area (Å²) in [6.45, 7) is 0. The number of hydrogen-bond acceptors (Lipinski definition) is 4. The molecule has 70 valence electrons. The summed E-state index contributed by atoms with van der Waals surface area (Å²) in [5.74, 6) is 0. The third-order valence-electron chi connectivity index (χ3n) is 1.89. The van der Waals surface area contributed by atoms with Crippen LogP contribution >= 0.6 is 0 Å². The van der Waals surface area contributed by atoms with Gasteiger partial charge in [-0.25, -0.2) is 0 Å². The molecule has 0 aliphatic rings. The van der Waals surface area contributed by atoms with E-state index in [0.717, 1.165) is 0 Å². The molecule has 6 heteroatoms. The van der Waals surface area contributed by atoms with E-state index in [2.05, 4.69) is 20.2 Å². The van der Waals surface area contributed by atoms with Crippen molar-refractivity contribution in [2.75, 3.05) is 0 Å². The molecule has 0 saturated heterocycles. The molecule has 2 aromatic rings. The minimum Gasteiger partial charge on any atom is -0.191 e. The molecule has 1 heterocycles. The van der Waals surface area contributed by atoms with Crippen LogP contribution in [0.5, 0.6) is 0 Å². The zero-order valence-electron chi connectivity index (χ0n) is 7.49. The molecular weight excluding hydrogens is 192 g/mol. The molecule has 0 spiro atoms. The predicted octanol–water partition coefficient (Wildman–Crippen LogP) is 2.44. The van der Waals surface area contributed by atoms with Gasteiger partial charge < -0.3 is 0 Å². The van der Waals surface area contributed by atoms with Crippen LogP contribution in [-0.4, -0.2) is 10.2 Å². The van der Waals surface area contributed by atoms with Crippen LogP contribution in [0, 0.1) is 11.3 Å². The molecule has 0 radical (unpaired) electrons. The normalized spacial score (nSPS) is 9.27. The van der Waals surface area contributed by atoms with Gasteiger partial charge in [0.05, 0.1) is 11.2 Å². The van der Waals surface area contributed by atoms with Gasteiger partial charge in [0.1, 0.15) is 6.07 Å². The van der Waals surface area contributed by atoms with Gasteiger partial charge in [0.25, 0.3) is 0 Å². The maximum Gasteiger partial charge on any atom is 0.173 e. The summed E-state index contributed by atoms with van der Waals surface area (Å²) in [7, 11) is 0. The number of aromatic nitrogens is 2. The van der Waals surface area contributed by atoms with E-state index < -0.39 is 0 Å². The molecule has 15 heavy (non-hydrogen) atoms. The van der Waals surface area contributed by atoms with Crippen LogP contribution in [0.1, 0.15) is 5.69 Å². The summed E-state index contributed by atoms with van der Waals surface area (Å²) >= 11 is 0. The van der Waals surface area contributed by atoms with Crippen LogP contribution in [0.3, 0.4) is 0 Å². The van der Waals surface area contributed by atoms with E-state index in [1.54, 1.807) is 24.3 Å². The first kappa shape index (κ1) is 8.94. The smallest absolute Gasteiger partial charge is 0.173 e. The van der Waals surface area contributed by atoms with E-state index in [1.165, 1.54) is 0 Å². The largest absolute Gasteiger partial charge is 0.191 e. The Labute approximate surface area is 84.4 Å². The number of benzene rings is 1. The molecule has 1 aromatic carbocycles. The van der Waals surface area contributed by atoms with Crippen molar-refractivity contribution >= 4 is 16.6 Å². The maximum absolute atomic E-state index is 8.77. The van der Waals surface area contributed by atoms with Crippen molar-refractivity contribution in [3.63, 3.8) is 0 Å². The maximum atomic E-state index is 8.77. The Morgan fingerprint density at radius 1 is 1.33 bits per heavy atom. The van der Waals surface area contributed by atoms with E-state index in [4.69, 9.17) is 10.8 Å². The Morgan fingerprint density at radius 3 is 2.87 bits per heavy atom. The number of rotatable bonds is 1. The summed E-state index contributed by atoms with van der Waals surface area (Å²) in [4.78, 5) is 2.67. The van der Waals surface area contributed by atoms with E-state index in [1.807, 2.05) is 6.07 Å². The fraction of sp³-hybridized carbons (Fsp3) is 0. The van der Waals surface area contributed by atoms with Gasteiger partial charge in [0, 0.05) is 10.3 Å². The van der Waals surface area contributed by atoms with E-state index in [0.29, 0.717) is 10.9 Å². The zero-order valence-corrected chi connectivity index (χ0v) is 7.49. The Morgan fingerprint density at radius 2 is 2.13 bits per heavy atom. The molecule has 0 bridgehead atoms. The first-order valence-electron chi connectivity index (χ1n) is 4.07.